The maximum Gasteiger partial charge on any atom is 0.418 e. The van der Waals surface area contributed by atoms with E-state index < -0.39 is 23.3 Å². The van der Waals surface area contributed by atoms with Gasteiger partial charge in [0.25, 0.3) is 0 Å². The molecule has 2 N–H and O–H groups in total. The number of ether oxygens (including phenoxy) is 2. The summed E-state index contributed by atoms with van der Waals surface area (Å²) in [6.07, 6.45) is -4.83. The van der Waals surface area contributed by atoms with E-state index in [9.17, 15) is 22.8 Å². The Morgan fingerprint density at radius 1 is 1.06 bits per heavy atom. The first-order valence-electron chi connectivity index (χ1n) is 11.1. The van der Waals surface area contributed by atoms with Gasteiger partial charge < -0.3 is 20.1 Å². The number of aromatic nitrogens is 2. The number of alkyl halides is 3. The Morgan fingerprint density at radius 2 is 1.74 bits per heavy atom. The molecule has 190 valence electrons. The number of carbonyl (C=O) groups is 1. The molecule has 11 heteroatoms. The topological polar surface area (TPSA) is 91.7 Å². The van der Waals surface area contributed by atoms with E-state index in [4.69, 9.17) is 15.2 Å². The minimum Gasteiger partial charge on any atom is -0.497 e. The van der Waals surface area contributed by atoms with Gasteiger partial charge in [-0.2, -0.15) is 13.2 Å². The zero-order chi connectivity index (χ0) is 25.9. The minimum atomic E-state index is -4.83. The molecule has 0 saturated heterocycles. The highest BCUT2D eigenvalue weighted by atomic mass is 19.4. The van der Waals surface area contributed by atoms with E-state index in [0.29, 0.717) is 42.8 Å². The van der Waals surface area contributed by atoms with E-state index in [2.05, 4.69) is 0 Å². The molecule has 3 rings (SSSR count). The smallest absolute Gasteiger partial charge is 0.418 e. The van der Waals surface area contributed by atoms with Crippen molar-refractivity contribution in [2.45, 2.75) is 33.1 Å². The normalized spacial score (nSPS) is 11.9. The fourth-order valence-corrected chi connectivity index (χ4v) is 4.11. The van der Waals surface area contributed by atoms with Gasteiger partial charge in [-0.3, -0.25) is 13.9 Å². The summed E-state index contributed by atoms with van der Waals surface area (Å²) in [4.78, 5) is 27.4. The summed E-state index contributed by atoms with van der Waals surface area (Å²) in [5.41, 5.74) is 3.45. The van der Waals surface area contributed by atoms with Crippen LogP contribution in [0, 0.1) is 0 Å². The van der Waals surface area contributed by atoms with Crippen LogP contribution < -0.4 is 20.9 Å². The van der Waals surface area contributed by atoms with Gasteiger partial charge in [0.1, 0.15) is 11.5 Å². The van der Waals surface area contributed by atoms with Crippen LogP contribution >= 0.6 is 0 Å². The van der Waals surface area contributed by atoms with Crippen LogP contribution in [-0.2, 0) is 19.3 Å². The van der Waals surface area contributed by atoms with Crippen LogP contribution in [0.2, 0.25) is 0 Å². The summed E-state index contributed by atoms with van der Waals surface area (Å²) in [5, 5.41) is 0. The Kier molecular flexibility index (Phi) is 7.79. The van der Waals surface area contributed by atoms with Crippen molar-refractivity contribution >= 4 is 16.9 Å². The predicted molar refractivity (Wildman–Crippen MR) is 126 cm³/mol. The lowest BCUT2D eigenvalue weighted by Gasteiger charge is -2.18. The second kappa shape index (κ2) is 10.4. The Hall–Kier alpha value is -3.47. The molecule has 1 aromatic heterocycles. The average Bonchev–Trinajstić information content (AvgIpc) is 3.09. The molecule has 1 amide bonds. The van der Waals surface area contributed by atoms with Gasteiger partial charge >= 0.3 is 11.9 Å². The summed E-state index contributed by atoms with van der Waals surface area (Å²) in [5.74, 6) is -0.144. The van der Waals surface area contributed by atoms with Gasteiger partial charge in [0.2, 0.25) is 5.91 Å². The van der Waals surface area contributed by atoms with E-state index in [1.165, 1.54) is 24.9 Å². The van der Waals surface area contributed by atoms with E-state index in [0.717, 1.165) is 4.57 Å². The molecule has 8 nitrogen and oxygen atoms in total. The standard InChI is InChI=1S/C24H29F3N4O4/c1-5-29(6-2)9-10-30-19-12-16(22(28)32)11-18(24(25,26)27)21(19)31(23(30)33)14-15-7-8-17(34-3)13-20(15)35-4/h7-8,11-13H,5-6,9-10,14H2,1-4H3,(H2,28,32). The zero-order valence-corrected chi connectivity index (χ0v) is 20.1. The number of methoxy groups -OCH3 is 2. The fourth-order valence-electron chi connectivity index (χ4n) is 4.11. The molecule has 0 spiro atoms. The molecule has 3 aromatic rings. The highest BCUT2D eigenvalue weighted by Gasteiger charge is 2.36. The zero-order valence-electron chi connectivity index (χ0n) is 20.1. The third-order valence-corrected chi connectivity index (χ3v) is 6.06. The number of primary amides is 1. The SMILES string of the molecule is CCN(CC)CCn1c(=O)n(Cc2ccc(OC)cc2OC)c2c(C(F)(F)F)cc(C(N)=O)cc21. The van der Waals surface area contributed by atoms with Crippen LogP contribution in [0.5, 0.6) is 11.5 Å². The van der Waals surface area contributed by atoms with Crippen molar-refractivity contribution < 1.29 is 27.4 Å². The number of hydrogen-bond acceptors (Lipinski definition) is 5. The van der Waals surface area contributed by atoms with Crippen LogP contribution in [0.4, 0.5) is 13.2 Å². The Balaban J connectivity index is 2.30. The van der Waals surface area contributed by atoms with Crippen molar-refractivity contribution in [1.29, 1.82) is 0 Å². The molecule has 2 aromatic carbocycles. The number of likely N-dealkylation sites (N-methyl/N-ethyl adjacent to an activating group) is 1. The first kappa shape index (κ1) is 26.1. The van der Waals surface area contributed by atoms with Crippen LogP contribution in [0.1, 0.15) is 35.3 Å². The van der Waals surface area contributed by atoms with Crippen molar-refractivity contribution in [3.8, 4) is 11.5 Å². The quantitative estimate of drug-likeness (QED) is 0.467. The molecule has 35 heavy (non-hydrogen) atoms. The van der Waals surface area contributed by atoms with E-state index in [1.807, 2.05) is 18.7 Å². The molecule has 0 aliphatic carbocycles. The van der Waals surface area contributed by atoms with Gasteiger partial charge in [-0.1, -0.05) is 13.8 Å². The van der Waals surface area contributed by atoms with E-state index in [1.54, 1.807) is 18.2 Å². The Morgan fingerprint density at radius 3 is 2.29 bits per heavy atom. The molecular weight excluding hydrogens is 465 g/mol. The second-order valence-corrected chi connectivity index (χ2v) is 7.98. The van der Waals surface area contributed by atoms with Gasteiger partial charge in [-0.05, 0) is 37.4 Å². The second-order valence-electron chi connectivity index (χ2n) is 7.98. The highest BCUT2D eigenvalue weighted by molar-refractivity contribution is 5.97. The first-order valence-corrected chi connectivity index (χ1v) is 11.1. The Labute approximate surface area is 200 Å². The molecule has 0 aliphatic heterocycles. The van der Waals surface area contributed by atoms with Crippen molar-refractivity contribution in [1.82, 2.24) is 14.0 Å². The third-order valence-electron chi connectivity index (χ3n) is 6.06. The number of hydrogen-bond donors (Lipinski definition) is 1. The Bertz CT molecular complexity index is 1280. The molecule has 0 aliphatic rings. The molecule has 0 unspecified atom stereocenters. The fraction of sp³-hybridized carbons (Fsp3) is 0.417. The summed E-state index contributed by atoms with van der Waals surface area (Å²) in [7, 11) is 2.91. The van der Waals surface area contributed by atoms with Crippen LogP contribution in [-0.4, -0.2) is 53.8 Å². The monoisotopic (exact) mass is 494 g/mol. The first-order chi connectivity index (χ1) is 16.5. The maximum atomic E-state index is 14.2. The number of rotatable bonds is 10. The number of benzene rings is 2. The van der Waals surface area contributed by atoms with Crippen molar-refractivity contribution in [2.75, 3.05) is 33.9 Å². The number of amides is 1. The van der Waals surface area contributed by atoms with Gasteiger partial charge in [0, 0.05) is 30.3 Å². The van der Waals surface area contributed by atoms with Gasteiger partial charge in [0.05, 0.1) is 37.4 Å². The lowest BCUT2D eigenvalue weighted by Crippen LogP contribution is -2.32. The van der Waals surface area contributed by atoms with Gasteiger partial charge in [-0.15, -0.1) is 0 Å². The molecule has 0 radical (unpaired) electrons. The van der Waals surface area contributed by atoms with Gasteiger partial charge in [-0.25, -0.2) is 4.79 Å². The molecular formula is C24H29F3N4O4. The van der Waals surface area contributed by atoms with Crippen LogP contribution in [0.25, 0.3) is 11.0 Å². The van der Waals surface area contributed by atoms with Crippen molar-refractivity contribution in [2.24, 2.45) is 5.73 Å². The number of imidazole rings is 1. The number of nitrogens with zero attached hydrogens (tertiary/aromatic N) is 3. The summed E-state index contributed by atoms with van der Waals surface area (Å²) in [6.45, 7) is 5.75. The number of halogens is 3. The average molecular weight is 495 g/mol. The number of nitrogens with two attached hydrogens (primary N) is 1. The predicted octanol–water partition coefficient (Wildman–Crippen LogP) is 3.33. The van der Waals surface area contributed by atoms with Crippen LogP contribution in [0.15, 0.2) is 35.1 Å². The molecule has 1 heterocycles. The number of carbonyl (C=O) groups excluding carboxylic acids is 1. The molecule has 0 saturated carbocycles. The van der Waals surface area contributed by atoms with E-state index >= 15 is 0 Å². The van der Waals surface area contributed by atoms with Crippen LogP contribution in [0.3, 0.4) is 0 Å². The lowest BCUT2D eigenvalue weighted by molar-refractivity contribution is -0.136. The maximum absolute atomic E-state index is 14.2. The summed E-state index contributed by atoms with van der Waals surface area (Å²) in [6, 6.07) is 6.81. The van der Waals surface area contributed by atoms with E-state index in [-0.39, 0.29) is 29.7 Å². The molecule has 0 bridgehead atoms. The lowest BCUT2D eigenvalue weighted by atomic mass is 10.1. The van der Waals surface area contributed by atoms with Gasteiger partial charge in [0.15, 0.2) is 0 Å². The molecule has 0 atom stereocenters. The summed E-state index contributed by atoms with van der Waals surface area (Å²) < 4.78 is 55.4. The molecule has 0 fully saturated rings. The highest BCUT2D eigenvalue weighted by Crippen LogP contribution is 2.36. The van der Waals surface area contributed by atoms with Crippen molar-refractivity contribution in [3.05, 3.63) is 57.5 Å². The van der Waals surface area contributed by atoms with Crippen molar-refractivity contribution in [3.63, 3.8) is 0 Å². The third kappa shape index (κ3) is 5.29. The summed E-state index contributed by atoms with van der Waals surface area (Å²) >= 11 is 0. The largest absolute Gasteiger partial charge is 0.497 e. The number of fused-ring (bicyclic) bond motifs is 1. The minimum absolute atomic E-state index is 0.00161.